The fraction of sp³-hybridized carbons (Fsp3) is 0.455. The summed E-state index contributed by atoms with van der Waals surface area (Å²) >= 11 is 0. The van der Waals surface area contributed by atoms with Gasteiger partial charge < -0.3 is 0 Å². The van der Waals surface area contributed by atoms with Crippen LogP contribution in [0, 0.1) is 5.92 Å². The van der Waals surface area contributed by atoms with Gasteiger partial charge in [0.1, 0.15) is 0 Å². The number of hydrogen-bond acceptors (Lipinski definition) is 0. The van der Waals surface area contributed by atoms with E-state index in [9.17, 15) is 13.2 Å². The fourth-order valence-electron chi connectivity index (χ4n) is 1.55. The fourth-order valence-corrected chi connectivity index (χ4v) is 1.55. The molecule has 3 heteroatoms. The smallest absolute Gasteiger partial charge is 0.166 e. The molecule has 1 rings (SSSR count). The molecule has 0 saturated carbocycles. The van der Waals surface area contributed by atoms with Crippen molar-refractivity contribution in [2.75, 3.05) is 0 Å². The summed E-state index contributed by atoms with van der Waals surface area (Å²) in [4.78, 5) is 0. The van der Waals surface area contributed by atoms with E-state index in [1.54, 1.807) is 6.08 Å². The number of alkyl halides is 3. The molecule has 0 aliphatic heterocycles. The third-order valence-corrected chi connectivity index (χ3v) is 2.39. The zero-order valence-corrected chi connectivity index (χ0v) is 8.28. The van der Waals surface area contributed by atoms with Gasteiger partial charge in [0.2, 0.25) is 0 Å². The summed E-state index contributed by atoms with van der Waals surface area (Å²) in [7, 11) is 0. The molecule has 1 aliphatic rings. The van der Waals surface area contributed by atoms with Crippen molar-refractivity contribution in [3.63, 3.8) is 0 Å². The van der Waals surface area contributed by atoms with Crippen molar-refractivity contribution in [1.82, 2.24) is 0 Å². The second kappa shape index (κ2) is 3.64. The van der Waals surface area contributed by atoms with E-state index in [-0.39, 0.29) is 5.92 Å². The first-order chi connectivity index (χ1) is 6.32. The second-order valence-electron chi connectivity index (χ2n) is 3.65. The van der Waals surface area contributed by atoms with E-state index in [2.05, 4.69) is 6.58 Å². The lowest BCUT2D eigenvalue weighted by Gasteiger charge is -2.21. The zero-order valence-electron chi connectivity index (χ0n) is 8.28. The molecule has 0 bridgehead atoms. The van der Waals surface area contributed by atoms with Crippen molar-refractivity contribution in [3.05, 3.63) is 35.5 Å². The van der Waals surface area contributed by atoms with E-state index in [4.69, 9.17) is 0 Å². The molecule has 0 aromatic heterocycles. The molecular weight excluding hydrogens is 189 g/mol. The molecule has 0 amide bonds. The van der Waals surface area contributed by atoms with Crippen LogP contribution in [0.15, 0.2) is 35.5 Å². The highest BCUT2D eigenvalue weighted by molar-refractivity contribution is 5.38. The molecule has 0 fully saturated rings. The van der Waals surface area contributed by atoms with E-state index in [1.807, 2.05) is 6.92 Å². The van der Waals surface area contributed by atoms with E-state index < -0.39 is 11.7 Å². The lowest BCUT2D eigenvalue weighted by Crippen LogP contribution is -2.17. The van der Waals surface area contributed by atoms with Gasteiger partial charge in [0.15, 0.2) is 0 Å². The molecule has 1 aliphatic carbocycles. The molecule has 1 unspecified atom stereocenters. The largest absolute Gasteiger partial charge is 0.416 e. The maximum Gasteiger partial charge on any atom is 0.416 e. The molecule has 0 aromatic rings. The Balaban J connectivity index is 2.90. The Morgan fingerprint density at radius 2 is 2.07 bits per heavy atom. The van der Waals surface area contributed by atoms with Crippen LogP contribution in [-0.4, -0.2) is 6.18 Å². The predicted molar refractivity (Wildman–Crippen MR) is 50.8 cm³/mol. The first-order valence-corrected chi connectivity index (χ1v) is 4.44. The van der Waals surface area contributed by atoms with E-state index in [1.165, 1.54) is 13.0 Å². The van der Waals surface area contributed by atoms with Gasteiger partial charge in [-0.25, -0.2) is 0 Å². The molecule has 1 atom stereocenters. The van der Waals surface area contributed by atoms with Crippen LogP contribution in [0.25, 0.3) is 0 Å². The van der Waals surface area contributed by atoms with E-state index >= 15 is 0 Å². The van der Waals surface area contributed by atoms with Crippen LogP contribution in [0.3, 0.4) is 0 Å². The van der Waals surface area contributed by atoms with Crippen molar-refractivity contribution < 1.29 is 13.2 Å². The Hall–Kier alpha value is -0.990. The quantitative estimate of drug-likeness (QED) is 0.563. The van der Waals surface area contributed by atoms with E-state index in [0.29, 0.717) is 12.0 Å². The lowest BCUT2D eigenvalue weighted by molar-refractivity contribution is -0.0898. The number of halogens is 3. The molecule has 0 aromatic carbocycles. The minimum absolute atomic E-state index is 0.0566. The van der Waals surface area contributed by atoms with Gasteiger partial charge in [-0.3, -0.25) is 0 Å². The van der Waals surface area contributed by atoms with Crippen LogP contribution < -0.4 is 0 Å². The number of rotatable bonds is 1. The van der Waals surface area contributed by atoms with Gasteiger partial charge in [0, 0.05) is 5.92 Å². The summed E-state index contributed by atoms with van der Waals surface area (Å²) in [5.41, 5.74) is 0.702. The molecule has 0 saturated heterocycles. The number of allylic oxidation sites excluding steroid dienone is 5. The van der Waals surface area contributed by atoms with Crippen LogP contribution in [0.2, 0.25) is 0 Å². The molecule has 0 nitrogen and oxygen atoms in total. The molecule has 14 heavy (non-hydrogen) atoms. The molecular formula is C11H13F3. The summed E-state index contributed by atoms with van der Waals surface area (Å²) < 4.78 is 37.2. The molecule has 78 valence electrons. The van der Waals surface area contributed by atoms with Crippen molar-refractivity contribution in [2.24, 2.45) is 5.92 Å². The predicted octanol–water partition coefficient (Wildman–Crippen LogP) is 4.02. The Morgan fingerprint density at radius 1 is 1.50 bits per heavy atom. The normalized spacial score (nSPS) is 22.8. The van der Waals surface area contributed by atoms with Crippen LogP contribution in [0.1, 0.15) is 20.3 Å². The third-order valence-electron chi connectivity index (χ3n) is 2.39. The lowest BCUT2D eigenvalue weighted by atomic mass is 9.87. The first-order valence-electron chi connectivity index (χ1n) is 4.44. The van der Waals surface area contributed by atoms with Crippen LogP contribution in [0.5, 0.6) is 0 Å². The van der Waals surface area contributed by atoms with Crippen molar-refractivity contribution >= 4 is 0 Å². The summed E-state index contributed by atoms with van der Waals surface area (Å²) in [5, 5.41) is 0. The maximum absolute atomic E-state index is 12.4. The van der Waals surface area contributed by atoms with Crippen molar-refractivity contribution in [2.45, 2.75) is 26.4 Å². The highest BCUT2D eigenvalue weighted by Crippen LogP contribution is 2.36. The monoisotopic (exact) mass is 202 g/mol. The topological polar surface area (TPSA) is 0 Å². The first kappa shape index (κ1) is 11.1. The number of hydrogen-bond donors (Lipinski definition) is 0. The summed E-state index contributed by atoms with van der Waals surface area (Å²) in [6.07, 6.45) is -0.915. The van der Waals surface area contributed by atoms with Crippen molar-refractivity contribution in [3.8, 4) is 0 Å². The zero-order chi connectivity index (χ0) is 10.9. The average molecular weight is 202 g/mol. The molecule has 0 N–H and O–H groups in total. The molecule has 0 heterocycles. The standard InChI is InChI=1S/C11H13F3/c1-7(2)9-4-5-10(8(3)6-9)11(12,13)14/h5-6,9H,1,4H2,2-3H3. The van der Waals surface area contributed by atoms with Gasteiger partial charge in [0.05, 0.1) is 5.57 Å². The van der Waals surface area contributed by atoms with Gasteiger partial charge in [-0.2, -0.15) is 13.2 Å². The SMILES string of the molecule is C=C(C)C1C=C(C)C(C(F)(F)F)=CC1. The Morgan fingerprint density at radius 3 is 2.43 bits per heavy atom. The average Bonchev–Trinajstić information content (AvgIpc) is 2.01. The highest BCUT2D eigenvalue weighted by atomic mass is 19.4. The highest BCUT2D eigenvalue weighted by Gasteiger charge is 2.35. The Kier molecular flexibility index (Phi) is 2.88. The maximum atomic E-state index is 12.4. The Bertz CT molecular complexity index is 305. The van der Waals surface area contributed by atoms with Crippen molar-refractivity contribution in [1.29, 1.82) is 0 Å². The summed E-state index contributed by atoms with van der Waals surface area (Å²) in [6, 6.07) is 0. The van der Waals surface area contributed by atoms with Gasteiger partial charge in [-0.15, -0.1) is 0 Å². The Labute approximate surface area is 81.8 Å². The molecule has 0 radical (unpaired) electrons. The van der Waals surface area contributed by atoms with Crippen LogP contribution in [-0.2, 0) is 0 Å². The van der Waals surface area contributed by atoms with Gasteiger partial charge in [0.25, 0.3) is 0 Å². The van der Waals surface area contributed by atoms with Crippen LogP contribution in [0.4, 0.5) is 13.2 Å². The summed E-state index contributed by atoms with van der Waals surface area (Å²) in [5.74, 6) is 0.0566. The minimum atomic E-state index is -4.22. The van der Waals surface area contributed by atoms with Crippen LogP contribution >= 0.6 is 0 Å². The van der Waals surface area contributed by atoms with Gasteiger partial charge in [-0.1, -0.05) is 24.3 Å². The van der Waals surface area contributed by atoms with Gasteiger partial charge >= 0.3 is 6.18 Å². The third kappa shape index (κ3) is 2.28. The summed E-state index contributed by atoms with van der Waals surface area (Å²) in [6.45, 7) is 7.07. The van der Waals surface area contributed by atoms with E-state index in [0.717, 1.165) is 5.57 Å². The second-order valence-corrected chi connectivity index (χ2v) is 3.65. The minimum Gasteiger partial charge on any atom is -0.166 e. The molecule has 0 spiro atoms. The van der Waals surface area contributed by atoms with Gasteiger partial charge in [-0.05, 0) is 25.8 Å².